The molecular weight excluding hydrogens is 428 g/mol. The van der Waals surface area contributed by atoms with Gasteiger partial charge in [0, 0.05) is 5.92 Å². The molecule has 2 aliphatic rings. The third kappa shape index (κ3) is 7.08. The Morgan fingerprint density at radius 2 is 2.00 bits per heavy atom. The molecule has 2 bridgehead atoms. The first kappa shape index (κ1) is 26.7. The molecule has 0 aliphatic carbocycles. The molecule has 1 aromatic carbocycles. The number of aliphatic hydroxyl groups excluding tert-OH is 1. The van der Waals surface area contributed by atoms with Crippen LogP contribution < -0.4 is 4.74 Å². The van der Waals surface area contributed by atoms with Crippen molar-refractivity contribution in [3.63, 3.8) is 0 Å². The fourth-order valence-electron chi connectivity index (χ4n) is 5.55. The van der Waals surface area contributed by atoms with E-state index in [0.717, 1.165) is 57.1 Å². The number of aliphatic hydroxyl groups is 1. The van der Waals surface area contributed by atoms with Crippen molar-refractivity contribution < 1.29 is 24.5 Å². The maximum Gasteiger partial charge on any atom is 0.307 e. The van der Waals surface area contributed by atoms with Gasteiger partial charge in [0.15, 0.2) is 0 Å². The third-order valence-electron chi connectivity index (χ3n) is 7.66. The lowest BCUT2D eigenvalue weighted by Crippen LogP contribution is -2.30. The summed E-state index contributed by atoms with van der Waals surface area (Å²) in [6.45, 7) is 8.52. The topological polar surface area (TPSA) is 76.0 Å². The summed E-state index contributed by atoms with van der Waals surface area (Å²) in [5.74, 6) is 0.589. The zero-order chi connectivity index (χ0) is 24.7. The summed E-state index contributed by atoms with van der Waals surface area (Å²) in [6.07, 6.45) is 11.9. The largest absolute Gasteiger partial charge is 0.490 e. The fourth-order valence-corrected chi connectivity index (χ4v) is 5.55. The van der Waals surface area contributed by atoms with Gasteiger partial charge in [-0.3, -0.25) is 4.79 Å². The molecule has 6 atom stereocenters. The van der Waals surface area contributed by atoms with Gasteiger partial charge in [-0.25, -0.2) is 0 Å². The second kappa shape index (κ2) is 12.2. The van der Waals surface area contributed by atoms with E-state index in [-0.39, 0.29) is 30.1 Å². The van der Waals surface area contributed by atoms with Crippen LogP contribution in [-0.2, 0) is 16.0 Å². The number of unbranched alkanes of at least 4 members (excludes halogenated alkanes) is 1. The van der Waals surface area contributed by atoms with Crippen LogP contribution in [0, 0.1) is 17.3 Å². The highest BCUT2D eigenvalue weighted by atomic mass is 16.5. The molecule has 0 amide bonds. The molecule has 0 saturated carbocycles. The molecule has 34 heavy (non-hydrogen) atoms. The van der Waals surface area contributed by atoms with Gasteiger partial charge in [-0.05, 0) is 61.1 Å². The summed E-state index contributed by atoms with van der Waals surface area (Å²) in [5.41, 5.74) is 1.06. The molecule has 0 spiro atoms. The number of carboxylic acid groups (broad SMARTS) is 1. The molecule has 5 nitrogen and oxygen atoms in total. The van der Waals surface area contributed by atoms with E-state index in [2.05, 4.69) is 39.0 Å². The molecule has 2 heterocycles. The molecule has 190 valence electrons. The predicted octanol–water partition coefficient (Wildman–Crippen LogP) is 6.18. The fraction of sp³-hybridized carbons (Fsp3) is 0.690. The highest BCUT2D eigenvalue weighted by Crippen LogP contribution is 2.46. The first-order valence-corrected chi connectivity index (χ1v) is 13.2. The number of carbonyl (C=O) groups is 1. The van der Waals surface area contributed by atoms with Crippen LogP contribution in [0.2, 0.25) is 0 Å². The summed E-state index contributed by atoms with van der Waals surface area (Å²) in [7, 11) is 0. The Morgan fingerprint density at radius 3 is 2.71 bits per heavy atom. The number of fused-ring (bicyclic) bond motifs is 2. The Labute approximate surface area is 205 Å². The molecule has 5 heteroatoms. The number of carboxylic acids is 1. The minimum absolute atomic E-state index is 0.0160. The van der Waals surface area contributed by atoms with E-state index in [1.54, 1.807) is 0 Å². The van der Waals surface area contributed by atoms with E-state index in [4.69, 9.17) is 9.47 Å². The van der Waals surface area contributed by atoms with Gasteiger partial charge in [0.1, 0.15) is 11.9 Å². The Morgan fingerprint density at radius 1 is 1.24 bits per heavy atom. The van der Waals surface area contributed by atoms with Crippen molar-refractivity contribution in [3.8, 4) is 5.75 Å². The minimum atomic E-state index is -0.830. The lowest BCUT2D eigenvalue weighted by atomic mass is 9.75. The van der Waals surface area contributed by atoms with E-state index in [0.29, 0.717) is 11.8 Å². The van der Waals surface area contributed by atoms with Crippen LogP contribution >= 0.6 is 0 Å². The van der Waals surface area contributed by atoms with Crippen molar-refractivity contribution in [2.75, 3.05) is 0 Å². The summed E-state index contributed by atoms with van der Waals surface area (Å²) in [5, 5.41) is 20.0. The number of hydrogen-bond acceptors (Lipinski definition) is 4. The molecule has 3 rings (SSSR count). The van der Waals surface area contributed by atoms with E-state index < -0.39 is 12.1 Å². The summed E-state index contributed by atoms with van der Waals surface area (Å²) in [6, 6.07) is 8.08. The second-order valence-electron chi connectivity index (χ2n) is 10.9. The van der Waals surface area contributed by atoms with Crippen molar-refractivity contribution in [2.24, 2.45) is 17.3 Å². The van der Waals surface area contributed by atoms with Crippen LogP contribution in [-0.4, -0.2) is 40.6 Å². The van der Waals surface area contributed by atoms with E-state index in [1.807, 2.05) is 25.1 Å². The van der Waals surface area contributed by atoms with Crippen molar-refractivity contribution >= 4 is 5.97 Å². The average Bonchev–Trinajstić information content (AvgIpc) is 3.38. The molecule has 2 N–H and O–H groups in total. The van der Waals surface area contributed by atoms with Gasteiger partial charge in [-0.2, -0.15) is 0 Å². The van der Waals surface area contributed by atoms with Gasteiger partial charge in [0.05, 0.1) is 24.7 Å². The van der Waals surface area contributed by atoms with Crippen LogP contribution in [0.15, 0.2) is 36.4 Å². The summed E-state index contributed by atoms with van der Waals surface area (Å²) in [4.78, 5) is 11.2. The highest BCUT2D eigenvalue weighted by Gasteiger charge is 2.47. The smallest absolute Gasteiger partial charge is 0.307 e. The number of aliphatic carboxylic acids is 1. The monoisotopic (exact) mass is 472 g/mol. The van der Waals surface area contributed by atoms with Gasteiger partial charge in [0.2, 0.25) is 0 Å². The molecular formula is C29H44O5. The van der Waals surface area contributed by atoms with Gasteiger partial charge in [-0.15, -0.1) is 0 Å². The first-order valence-electron chi connectivity index (χ1n) is 13.2. The molecule has 2 saturated heterocycles. The van der Waals surface area contributed by atoms with E-state index >= 15 is 0 Å². The van der Waals surface area contributed by atoms with Gasteiger partial charge < -0.3 is 19.7 Å². The van der Waals surface area contributed by atoms with Gasteiger partial charge in [-0.1, -0.05) is 71.2 Å². The number of benzene rings is 1. The lowest BCUT2D eigenvalue weighted by molar-refractivity contribution is -0.138. The number of hydrogen-bond donors (Lipinski definition) is 2. The lowest BCUT2D eigenvalue weighted by Gasteiger charge is -2.30. The molecule has 0 aromatic heterocycles. The van der Waals surface area contributed by atoms with Crippen LogP contribution in [0.1, 0.15) is 84.6 Å². The Kier molecular flexibility index (Phi) is 9.61. The van der Waals surface area contributed by atoms with Gasteiger partial charge in [0.25, 0.3) is 0 Å². The molecule has 2 unspecified atom stereocenters. The molecule has 2 aliphatic heterocycles. The Bertz CT molecular complexity index is 816. The van der Waals surface area contributed by atoms with E-state index in [9.17, 15) is 15.0 Å². The first-order chi connectivity index (χ1) is 16.2. The SMILES string of the molecule is CCCCC(C)(C)C(O)/C=C/C1[C@H]2CC[C@H](O2)[C@H]1Cc1cccc(O[C@H](CCC)CC(=O)O)c1. The zero-order valence-electron chi connectivity index (χ0n) is 21.4. The normalized spacial score (nSPS) is 26.1. The molecule has 2 fully saturated rings. The van der Waals surface area contributed by atoms with Crippen molar-refractivity contribution in [3.05, 3.63) is 42.0 Å². The number of ether oxygens (including phenoxy) is 2. The van der Waals surface area contributed by atoms with E-state index in [1.165, 1.54) is 5.56 Å². The maximum atomic E-state index is 11.2. The van der Waals surface area contributed by atoms with Gasteiger partial charge >= 0.3 is 5.97 Å². The van der Waals surface area contributed by atoms with Crippen molar-refractivity contribution in [1.29, 1.82) is 0 Å². The zero-order valence-corrected chi connectivity index (χ0v) is 21.4. The Hall–Kier alpha value is -1.85. The predicted molar refractivity (Wildman–Crippen MR) is 135 cm³/mol. The highest BCUT2D eigenvalue weighted by molar-refractivity contribution is 5.67. The molecule has 0 radical (unpaired) electrons. The van der Waals surface area contributed by atoms with Crippen molar-refractivity contribution in [1.82, 2.24) is 0 Å². The van der Waals surface area contributed by atoms with Crippen molar-refractivity contribution in [2.45, 2.75) is 110 Å². The Balaban J connectivity index is 1.68. The number of rotatable bonds is 14. The maximum absolute atomic E-state index is 11.2. The third-order valence-corrected chi connectivity index (χ3v) is 7.66. The van der Waals surface area contributed by atoms with Crippen LogP contribution in [0.5, 0.6) is 5.75 Å². The van der Waals surface area contributed by atoms with Crippen LogP contribution in [0.4, 0.5) is 0 Å². The summed E-state index contributed by atoms with van der Waals surface area (Å²) >= 11 is 0. The minimum Gasteiger partial charge on any atom is -0.490 e. The van der Waals surface area contributed by atoms with Crippen LogP contribution in [0.25, 0.3) is 0 Å². The second-order valence-corrected chi connectivity index (χ2v) is 10.9. The standard InChI is InChI=1S/C29H44O5/c1-5-7-16-29(3,4)27(30)15-12-23-24(26-14-13-25(23)34-26)18-20-10-8-11-22(17-20)33-21(9-6-2)19-28(31)32/h8,10-12,15,17,21,23-27,30H,5-7,9,13-14,16,18-19H2,1-4H3,(H,31,32)/b15-12+/t21-,23?,24+,25-,26+,27?/m1/s1. The molecule has 1 aromatic rings. The average molecular weight is 473 g/mol. The summed E-state index contributed by atoms with van der Waals surface area (Å²) < 4.78 is 12.3. The van der Waals surface area contributed by atoms with Crippen LogP contribution in [0.3, 0.4) is 0 Å². The quantitative estimate of drug-likeness (QED) is 0.316.